The van der Waals surface area contributed by atoms with Gasteiger partial charge in [0.1, 0.15) is 0 Å². The van der Waals surface area contributed by atoms with Crippen molar-refractivity contribution in [3.05, 3.63) is 52.3 Å². The average Bonchev–Trinajstić information content (AvgIpc) is 2.18. The quantitative estimate of drug-likeness (QED) is 0.141. The number of benzene rings is 1. The second-order valence-electron chi connectivity index (χ2n) is 2.44. The van der Waals surface area contributed by atoms with E-state index in [1.54, 1.807) is 0 Å². The number of para-hydroxylation sites is 1. The predicted octanol–water partition coefficient (Wildman–Crippen LogP) is -2.34. The Morgan fingerprint density at radius 1 is 1.33 bits per heavy atom. The summed E-state index contributed by atoms with van der Waals surface area (Å²) in [5.74, 6) is -0.660. The van der Waals surface area contributed by atoms with Crippen molar-refractivity contribution in [3.63, 3.8) is 0 Å². The smallest absolute Gasteiger partial charge is 0.878 e. The Bertz CT molecular complexity index is 403. The van der Waals surface area contributed by atoms with E-state index in [9.17, 15) is 20.0 Å². The molecule has 0 fully saturated rings. The standard InChI is InChI=1S/C9H7NO4.Na/c11-6-5-9(12)7-3-1-2-4-8(7)10(13)14;/h1-6,11H;/q;+1/p-1/b6-5+;. The Morgan fingerprint density at radius 2 is 1.93 bits per heavy atom. The van der Waals surface area contributed by atoms with Crippen molar-refractivity contribution in [2.45, 2.75) is 0 Å². The van der Waals surface area contributed by atoms with Crippen LogP contribution in [0, 0.1) is 10.1 Å². The number of carbonyl (C=O) groups is 1. The van der Waals surface area contributed by atoms with Crippen molar-refractivity contribution in [3.8, 4) is 0 Å². The zero-order chi connectivity index (χ0) is 10.6. The van der Waals surface area contributed by atoms with Crippen molar-refractivity contribution in [1.82, 2.24) is 0 Å². The molecule has 72 valence electrons. The molecule has 5 nitrogen and oxygen atoms in total. The van der Waals surface area contributed by atoms with E-state index in [2.05, 4.69) is 0 Å². The molecular weight excluding hydrogens is 209 g/mol. The molecule has 0 N–H and O–H groups in total. The molecule has 6 heteroatoms. The first-order valence-corrected chi connectivity index (χ1v) is 3.73. The Labute approximate surface area is 108 Å². The normalized spacial score (nSPS) is 9.60. The van der Waals surface area contributed by atoms with Crippen LogP contribution in [0.2, 0.25) is 0 Å². The molecule has 0 radical (unpaired) electrons. The summed E-state index contributed by atoms with van der Waals surface area (Å²) in [6.45, 7) is 0. The molecule has 0 aliphatic heterocycles. The van der Waals surface area contributed by atoms with Crippen LogP contribution in [-0.2, 0) is 0 Å². The molecular formula is C9H6NNaO4. The van der Waals surface area contributed by atoms with Crippen LogP contribution in [0.15, 0.2) is 36.6 Å². The summed E-state index contributed by atoms with van der Waals surface area (Å²) < 4.78 is 0. The number of rotatable bonds is 3. The molecule has 0 aromatic heterocycles. The number of allylic oxidation sites excluding steroid dienone is 1. The third kappa shape index (κ3) is 3.47. The minimum atomic E-state index is -0.661. The molecule has 0 amide bonds. The van der Waals surface area contributed by atoms with Gasteiger partial charge in [0.25, 0.3) is 5.69 Å². The van der Waals surface area contributed by atoms with E-state index < -0.39 is 10.7 Å². The molecule has 0 aliphatic rings. The Morgan fingerprint density at radius 3 is 2.47 bits per heavy atom. The van der Waals surface area contributed by atoms with Gasteiger partial charge in [0, 0.05) is 6.07 Å². The monoisotopic (exact) mass is 215 g/mol. The summed E-state index contributed by atoms with van der Waals surface area (Å²) in [5, 5.41) is 20.5. The van der Waals surface area contributed by atoms with Gasteiger partial charge < -0.3 is 5.11 Å². The van der Waals surface area contributed by atoms with Gasteiger partial charge in [-0.15, -0.1) is 6.26 Å². The zero-order valence-corrected chi connectivity index (χ0v) is 10.0. The van der Waals surface area contributed by atoms with Crippen molar-refractivity contribution >= 4 is 11.5 Å². The van der Waals surface area contributed by atoms with Crippen molar-refractivity contribution in [1.29, 1.82) is 0 Å². The van der Waals surface area contributed by atoms with Crippen LogP contribution in [-0.4, -0.2) is 10.7 Å². The second kappa shape index (κ2) is 6.34. The van der Waals surface area contributed by atoms with Gasteiger partial charge in [0.15, 0.2) is 5.78 Å². The van der Waals surface area contributed by atoms with Crippen molar-refractivity contribution in [2.75, 3.05) is 0 Å². The van der Waals surface area contributed by atoms with E-state index in [4.69, 9.17) is 0 Å². The Hall–Kier alpha value is -1.17. The zero-order valence-electron chi connectivity index (χ0n) is 8.04. The van der Waals surface area contributed by atoms with Gasteiger partial charge in [-0.3, -0.25) is 14.9 Å². The number of ketones is 1. The first kappa shape index (κ1) is 13.8. The van der Waals surface area contributed by atoms with Gasteiger partial charge in [-0.25, -0.2) is 0 Å². The molecule has 15 heavy (non-hydrogen) atoms. The van der Waals surface area contributed by atoms with Gasteiger partial charge in [0.05, 0.1) is 10.5 Å². The Kier molecular flexibility index (Phi) is 5.84. The molecule has 0 saturated carbocycles. The molecule has 1 rings (SSSR count). The molecule has 0 aliphatic carbocycles. The third-order valence-electron chi connectivity index (χ3n) is 1.59. The maximum Gasteiger partial charge on any atom is 1.00 e. The summed E-state index contributed by atoms with van der Waals surface area (Å²) >= 11 is 0. The number of carbonyl (C=O) groups excluding carboxylic acids is 1. The van der Waals surface area contributed by atoms with Crippen LogP contribution in [0.25, 0.3) is 0 Å². The van der Waals surface area contributed by atoms with E-state index in [1.165, 1.54) is 24.3 Å². The molecule has 0 unspecified atom stereocenters. The second-order valence-corrected chi connectivity index (χ2v) is 2.44. The fraction of sp³-hybridized carbons (Fsp3) is 0. The third-order valence-corrected chi connectivity index (χ3v) is 1.59. The van der Waals surface area contributed by atoms with E-state index in [-0.39, 0.29) is 40.8 Å². The number of nitrogens with zero attached hydrogens (tertiary/aromatic N) is 1. The minimum absolute atomic E-state index is 0. The first-order chi connectivity index (χ1) is 6.66. The van der Waals surface area contributed by atoms with Crippen molar-refractivity contribution in [2.24, 2.45) is 0 Å². The molecule has 0 saturated heterocycles. The summed E-state index contributed by atoms with van der Waals surface area (Å²) in [6.07, 6.45) is 1.06. The maximum atomic E-state index is 11.2. The molecule has 0 heterocycles. The molecule has 0 bridgehead atoms. The van der Waals surface area contributed by atoms with E-state index >= 15 is 0 Å². The maximum absolute atomic E-state index is 11.2. The van der Waals surface area contributed by atoms with Gasteiger partial charge in [-0.1, -0.05) is 12.1 Å². The van der Waals surface area contributed by atoms with Gasteiger partial charge in [-0.2, -0.15) is 0 Å². The van der Waals surface area contributed by atoms with Crippen LogP contribution in [0.1, 0.15) is 10.4 Å². The predicted molar refractivity (Wildman–Crippen MR) is 46.6 cm³/mol. The van der Waals surface area contributed by atoms with Gasteiger partial charge in [-0.05, 0) is 12.1 Å². The summed E-state index contributed by atoms with van der Waals surface area (Å²) in [5.41, 5.74) is -0.375. The van der Waals surface area contributed by atoms with Crippen LogP contribution in [0.5, 0.6) is 0 Å². The molecule has 1 aromatic carbocycles. The number of nitro benzene ring substituents is 1. The number of hydrogen-bond donors (Lipinski definition) is 0. The molecule has 0 spiro atoms. The Balaban J connectivity index is 0.00000196. The van der Waals surface area contributed by atoms with Crippen molar-refractivity contribution < 1.29 is 44.4 Å². The summed E-state index contributed by atoms with van der Waals surface area (Å²) in [4.78, 5) is 21.0. The SMILES string of the molecule is O=C(/C=C/[O-])c1ccccc1[N+](=O)[O-].[Na+]. The van der Waals surface area contributed by atoms with Crippen LogP contribution in [0.4, 0.5) is 5.69 Å². The topological polar surface area (TPSA) is 83.3 Å². The number of nitro groups is 1. The van der Waals surface area contributed by atoms with Crippen LogP contribution < -0.4 is 34.7 Å². The van der Waals surface area contributed by atoms with Crippen LogP contribution >= 0.6 is 0 Å². The van der Waals surface area contributed by atoms with Gasteiger partial charge in [0.2, 0.25) is 0 Å². The van der Waals surface area contributed by atoms with E-state index in [0.29, 0.717) is 6.26 Å². The number of hydrogen-bond acceptors (Lipinski definition) is 4. The summed E-state index contributed by atoms with van der Waals surface area (Å²) in [7, 11) is 0. The van der Waals surface area contributed by atoms with E-state index in [0.717, 1.165) is 6.08 Å². The molecule has 0 atom stereocenters. The fourth-order valence-electron chi connectivity index (χ4n) is 0.993. The van der Waals surface area contributed by atoms with Crippen LogP contribution in [0.3, 0.4) is 0 Å². The fourth-order valence-corrected chi connectivity index (χ4v) is 0.993. The van der Waals surface area contributed by atoms with Gasteiger partial charge >= 0.3 is 29.6 Å². The molecule has 1 aromatic rings. The average molecular weight is 215 g/mol. The summed E-state index contributed by atoms with van der Waals surface area (Å²) in [6, 6.07) is 5.47. The minimum Gasteiger partial charge on any atom is -0.878 e. The largest absolute Gasteiger partial charge is 1.00 e. The van der Waals surface area contributed by atoms with E-state index in [1.807, 2.05) is 0 Å². The first-order valence-electron chi connectivity index (χ1n) is 3.73.